The molecule has 4 rings (SSSR count). The van der Waals surface area contributed by atoms with Gasteiger partial charge in [-0.2, -0.15) is 14.7 Å². The fourth-order valence-corrected chi connectivity index (χ4v) is 5.88. The lowest BCUT2D eigenvalue weighted by Crippen LogP contribution is -2.32. The minimum atomic E-state index is -3.73. The molecular formula is C30H31N5O4S. The van der Waals surface area contributed by atoms with Gasteiger partial charge in [-0.3, -0.25) is 4.79 Å². The van der Waals surface area contributed by atoms with Gasteiger partial charge in [0.15, 0.2) is 0 Å². The van der Waals surface area contributed by atoms with E-state index in [1.165, 1.54) is 16.6 Å². The van der Waals surface area contributed by atoms with Gasteiger partial charge in [-0.15, -0.1) is 0 Å². The molecule has 0 saturated carbocycles. The predicted molar refractivity (Wildman–Crippen MR) is 152 cm³/mol. The smallest absolute Gasteiger partial charge is 0.262 e. The second kappa shape index (κ2) is 13.1. The highest BCUT2D eigenvalue weighted by molar-refractivity contribution is 7.89. The van der Waals surface area contributed by atoms with Crippen LogP contribution in [-0.2, 0) is 21.4 Å². The molecule has 0 radical (unpaired) electrons. The van der Waals surface area contributed by atoms with E-state index < -0.39 is 15.9 Å². The first-order valence-corrected chi connectivity index (χ1v) is 14.5. The van der Waals surface area contributed by atoms with Gasteiger partial charge in [0.2, 0.25) is 10.0 Å². The fraction of sp³-hybridized carbons (Fsp3) is 0.233. The van der Waals surface area contributed by atoms with E-state index in [-0.39, 0.29) is 17.0 Å². The lowest BCUT2D eigenvalue weighted by molar-refractivity contribution is -0.117. The number of nitrogens with one attached hydrogen (secondary N) is 1. The van der Waals surface area contributed by atoms with Crippen molar-refractivity contribution >= 4 is 22.0 Å². The molecular weight excluding hydrogens is 526 g/mol. The SMILES string of the molecule is CCCN(CCC)S(=O)(=O)c1cccc(-c2nn(-c3ccccc3)cc2/C=C(/C#N)C(=O)NCc2ccco2)c1. The number of sulfonamides is 1. The minimum absolute atomic E-state index is 0.124. The molecule has 0 aliphatic carbocycles. The maximum Gasteiger partial charge on any atom is 0.262 e. The molecule has 0 saturated heterocycles. The Hall–Kier alpha value is -4.46. The highest BCUT2D eigenvalue weighted by atomic mass is 32.2. The number of benzene rings is 2. The van der Waals surface area contributed by atoms with E-state index >= 15 is 0 Å². The molecule has 2 aromatic heterocycles. The monoisotopic (exact) mass is 557 g/mol. The summed E-state index contributed by atoms with van der Waals surface area (Å²) in [6.07, 6.45) is 6.08. The summed E-state index contributed by atoms with van der Waals surface area (Å²) in [7, 11) is -3.73. The summed E-state index contributed by atoms with van der Waals surface area (Å²) in [6, 6.07) is 21.4. The highest BCUT2D eigenvalue weighted by Crippen LogP contribution is 2.29. The fourth-order valence-electron chi connectivity index (χ4n) is 4.21. The van der Waals surface area contributed by atoms with Gasteiger partial charge in [0.05, 0.1) is 23.4 Å². The summed E-state index contributed by atoms with van der Waals surface area (Å²) < 4.78 is 35.3. The zero-order valence-corrected chi connectivity index (χ0v) is 23.3. The first-order valence-electron chi connectivity index (χ1n) is 13.1. The Kier molecular flexibility index (Phi) is 9.32. The first-order chi connectivity index (χ1) is 19.4. The van der Waals surface area contributed by atoms with E-state index in [0.717, 1.165) is 5.69 Å². The molecule has 1 N–H and O–H groups in total. The number of amides is 1. The van der Waals surface area contributed by atoms with Crippen LogP contribution in [0.15, 0.2) is 94.1 Å². The third kappa shape index (κ3) is 6.57. The quantitative estimate of drug-likeness (QED) is 0.190. The van der Waals surface area contributed by atoms with Crippen LogP contribution in [0.2, 0.25) is 0 Å². The number of hydrogen-bond acceptors (Lipinski definition) is 6. The first kappa shape index (κ1) is 28.5. The second-order valence-electron chi connectivity index (χ2n) is 9.08. The van der Waals surface area contributed by atoms with Crippen molar-refractivity contribution in [2.24, 2.45) is 0 Å². The Morgan fingerprint density at radius 2 is 1.82 bits per heavy atom. The molecule has 1 amide bonds. The van der Waals surface area contributed by atoms with Crippen LogP contribution in [0.25, 0.3) is 23.0 Å². The molecule has 0 bridgehead atoms. The third-order valence-corrected chi connectivity index (χ3v) is 8.02. The summed E-state index contributed by atoms with van der Waals surface area (Å²) in [5, 5.41) is 17.2. The predicted octanol–water partition coefficient (Wildman–Crippen LogP) is 5.17. The molecule has 0 aliphatic rings. The molecule has 40 heavy (non-hydrogen) atoms. The number of rotatable bonds is 12. The molecule has 10 heteroatoms. The number of carbonyl (C=O) groups excluding carboxylic acids is 1. The highest BCUT2D eigenvalue weighted by Gasteiger charge is 2.24. The summed E-state index contributed by atoms with van der Waals surface area (Å²) in [4.78, 5) is 13.0. The van der Waals surface area contributed by atoms with E-state index in [0.29, 0.717) is 48.5 Å². The molecule has 0 atom stereocenters. The number of furan rings is 1. The number of para-hydroxylation sites is 1. The van der Waals surface area contributed by atoms with E-state index in [2.05, 4.69) is 5.32 Å². The normalized spacial score (nSPS) is 11.9. The van der Waals surface area contributed by atoms with Gasteiger partial charge in [0.1, 0.15) is 23.1 Å². The zero-order chi connectivity index (χ0) is 28.5. The summed E-state index contributed by atoms with van der Waals surface area (Å²) in [5.74, 6) is -0.00940. The van der Waals surface area contributed by atoms with Crippen molar-refractivity contribution in [1.29, 1.82) is 5.26 Å². The molecule has 206 valence electrons. The molecule has 0 spiro atoms. The van der Waals surface area contributed by atoms with Crippen LogP contribution in [0.3, 0.4) is 0 Å². The summed E-state index contributed by atoms with van der Waals surface area (Å²) in [5.41, 5.74) is 2.11. The van der Waals surface area contributed by atoms with Crippen molar-refractivity contribution in [3.63, 3.8) is 0 Å². The number of nitrogens with zero attached hydrogens (tertiary/aromatic N) is 4. The molecule has 0 unspecified atom stereocenters. The van der Waals surface area contributed by atoms with Crippen LogP contribution < -0.4 is 5.32 Å². The van der Waals surface area contributed by atoms with Crippen molar-refractivity contribution in [3.05, 3.63) is 96.1 Å². The number of aromatic nitrogens is 2. The Morgan fingerprint density at radius 1 is 1.07 bits per heavy atom. The largest absolute Gasteiger partial charge is 0.467 e. The Labute approximate surface area is 234 Å². The lowest BCUT2D eigenvalue weighted by atomic mass is 10.1. The van der Waals surface area contributed by atoms with Gasteiger partial charge in [0, 0.05) is 30.4 Å². The Balaban J connectivity index is 1.76. The van der Waals surface area contributed by atoms with Crippen molar-refractivity contribution in [1.82, 2.24) is 19.4 Å². The average molecular weight is 558 g/mol. The minimum Gasteiger partial charge on any atom is -0.467 e. The van der Waals surface area contributed by atoms with Crippen molar-refractivity contribution in [3.8, 4) is 23.0 Å². The average Bonchev–Trinajstić information content (AvgIpc) is 3.65. The van der Waals surface area contributed by atoms with E-state index in [1.807, 2.05) is 50.2 Å². The van der Waals surface area contributed by atoms with Crippen LogP contribution in [0.4, 0.5) is 0 Å². The van der Waals surface area contributed by atoms with Gasteiger partial charge in [0.25, 0.3) is 5.91 Å². The summed E-state index contributed by atoms with van der Waals surface area (Å²) >= 11 is 0. The van der Waals surface area contributed by atoms with Crippen molar-refractivity contribution in [2.45, 2.75) is 38.1 Å². The van der Waals surface area contributed by atoms with Crippen LogP contribution in [0.5, 0.6) is 0 Å². The van der Waals surface area contributed by atoms with Gasteiger partial charge in [-0.1, -0.05) is 44.2 Å². The van der Waals surface area contributed by atoms with Gasteiger partial charge in [-0.25, -0.2) is 13.1 Å². The molecule has 0 fully saturated rings. The third-order valence-electron chi connectivity index (χ3n) is 6.12. The van der Waals surface area contributed by atoms with Gasteiger partial charge in [-0.05, 0) is 55.3 Å². The van der Waals surface area contributed by atoms with Gasteiger partial charge < -0.3 is 9.73 Å². The van der Waals surface area contributed by atoms with Crippen LogP contribution >= 0.6 is 0 Å². The Morgan fingerprint density at radius 3 is 2.48 bits per heavy atom. The van der Waals surface area contributed by atoms with Crippen LogP contribution in [0, 0.1) is 11.3 Å². The lowest BCUT2D eigenvalue weighted by Gasteiger charge is -2.21. The maximum absolute atomic E-state index is 13.5. The Bertz CT molecular complexity index is 1610. The molecule has 2 aromatic carbocycles. The van der Waals surface area contributed by atoms with Gasteiger partial charge >= 0.3 is 0 Å². The second-order valence-corrected chi connectivity index (χ2v) is 11.0. The number of nitriles is 1. The summed E-state index contributed by atoms with van der Waals surface area (Å²) in [6.45, 7) is 4.88. The zero-order valence-electron chi connectivity index (χ0n) is 22.4. The van der Waals surface area contributed by atoms with Crippen LogP contribution in [-0.4, -0.2) is 41.5 Å². The maximum atomic E-state index is 13.5. The molecule has 4 aromatic rings. The topological polar surface area (TPSA) is 121 Å². The van der Waals surface area contributed by atoms with Crippen molar-refractivity contribution < 1.29 is 17.6 Å². The van der Waals surface area contributed by atoms with Crippen LogP contribution in [0.1, 0.15) is 38.0 Å². The van der Waals surface area contributed by atoms with E-state index in [4.69, 9.17) is 9.52 Å². The number of hydrogen-bond donors (Lipinski definition) is 1. The number of carbonyl (C=O) groups is 1. The molecule has 2 heterocycles. The standard InChI is InChI=1S/C30H31N5O4S/c1-3-15-34(16-4-2)40(37,38)28-14-8-10-23(19-28)29-25(22-35(33-29)26-11-6-5-7-12-26)18-24(20-31)30(36)32-21-27-13-9-17-39-27/h5-14,17-19,22H,3-4,15-16,21H2,1-2H3,(H,32,36)/b24-18-. The van der Waals surface area contributed by atoms with Crippen molar-refractivity contribution in [2.75, 3.05) is 13.1 Å². The molecule has 9 nitrogen and oxygen atoms in total. The van der Waals surface area contributed by atoms with E-state index in [1.54, 1.807) is 47.3 Å². The molecule has 0 aliphatic heterocycles. The van der Waals surface area contributed by atoms with E-state index in [9.17, 15) is 18.5 Å².